The summed E-state index contributed by atoms with van der Waals surface area (Å²) in [4.78, 5) is 0. The van der Waals surface area contributed by atoms with Crippen LogP contribution in [0.25, 0.3) is 0 Å². The second-order valence-electron chi connectivity index (χ2n) is 4.57. The number of hydrogen-bond acceptors (Lipinski definition) is 2. The average molecular weight is 309 g/mol. The van der Waals surface area contributed by atoms with Gasteiger partial charge in [0.1, 0.15) is 5.82 Å². The van der Waals surface area contributed by atoms with Gasteiger partial charge < -0.3 is 5.32 Å². The molecular weight excluding hydrogens is 290 g/mol. The van der Waals surface area contributed by atoms with Gasteiger partial charge >= 0.3 is 6.18 Å². The Morgan fingerprint density at radius 2 is 2.00 bits per heavy atom. The number of rotatable bonds is 7. The molecule has 0 aromatic heterocycles. The van der Waals surface area contributed by atoms with E-state index in [4.69, 9.17) is 0 Å². The molecule has 0 heterocycles. The normalized spacial score (nSPS) is 13.5. The van der Waals surface area contributed by atoms with Crippen molar-refractivity contribution in [3.8, 4) is 0 Å². The number of hydrogen-bond donors (Lipinski definition) is 1. The number of halogens is 4. The molecular formula is C14H19F4NS. The van der Waals surface area contributed by atoms with Gasteiger partial charge in [-0.05, 0) is 42.5 Å². The lowest BCUT2D eigenvalue weighted by Gasteiger charge is -2.17. The van der Waals surface area contributed by atoms with Crippen LogP contribution in [0.2, 0.25) is 0 Å². The van der Waals surface area contributed by atoms with Crippen molar-refractivity contribution in [2.24, 2.45) is 0 Å². The maximum atomic E-state index is 13.0. The Bertz CT molecular complexity index is 420. The molecule has 1 aromatic carbocycles. The molecule has 0 spiro atoms. The first-order chi connectivity index (χ1) is 9.34. The van der Waals surface area contributed by atoms with Gasteiger partial charge in [0.25, 0.3) is 0 Å². The highest BCUT2D eigenvalue weighted by Crippen LogP contribution is 2.32. The molecule has 0 saturated heterocycles. The zero-order chi connectivity index (χ0) is 15.2. The average Bonchev–Trinajstić information content (AvgIpc) is 2.36. The number of alkyl halides is 3. The molecule has 0 radical (unpaired) electrons. The third kappa shape index (κ3) is 5.71. The lowest BCUT2D eigenvalue weighted by Crippen LogP contribution is -2.27. The van der Waals surface area contributed by atoms with Gasteiger partial charge in [-0.3, -0.25) is 0 Å². The van der Waals surface area contributed by atoms with E-state index in [1.807, 2.05) is 6.92 Å². The predicted molar refractivity (Wildman–Crippen MR) is 75.3 cm³/mol. The minimum absolute atomic E-state index is 0.0777. The van der Waals surface area contributed by atoms with Crippen LogP contribution in [0.1, 0.15) is 31.4 Å². The maximum Gasteiger partial charge on any atom is 0.416 e. The van der Waals surface area contributed by atoms with Gasteiger partial charge in [-0.15, -0.1) is 0 Å². The molecule has 0 aliphatic rings. The first-order valence-electron chi connectivity index (χ1n) is 6.51. The fraction of sp³-hybridized carbons (Fsp3) is 0.571. The molecule has 114 valence electrons. The minimum Gasteiger partial charge on any atom is -0.310 e. The lowest BCUT2D eigenvalue weighted by molar-refractivity contribution is -0.138. The fourth-order valence-electron chi connectivity index (χ4n) is 1.76. The number of thioether (sulfide) groups is 1. The molecule has 1 N–H and O–H groups in total. The lowest BCUT2D eigenvalue weighted by atomic mass is 10.1. The molecule has 1 aromatic rings. The van der Waals surface area contributed by atoms with Crippen LogP contribution in [-0.4, -0.2) is 17.5 Å². The molecule has 1 atom stereocenters. The van der Waals surface area contributed by atoms with Crippen molar-refractivity contribution in [1.82, 2.24) is 5.32 Å². The van der Waals surface area contributed by atoms with Gasteiger partial charge in [-0.25, -0.2) is 4.39 Å². The molecule has 1 rings (SSSR count). The van der Waals surface area contributed by atoms with Gasteiger partial charge in [0.15, 0.2) is 0 Å². The summed E-state index contributed by atoms with van der Waals surface area (Å²) in [6.45, 7) is 4.09. The van der Waals surface area contributed by atoms with Crippen molar-refractivity contribution in [3.63, 3.8) is 0 Å². The highest BCUT2D eigenvalue weighted by atomic mass is 32.2. The summed E-state index contributed by atoms with van der Waals surface area (Å²) in [5.74, 6) is 1.14. The summed E-state index contributed by atoms with van der Waals surface area (Å²) in [7, 11) is 0. The smallest absolute Gasteiger partial charge is 0.310 e. The molecule has 0 aliphatic heterocycles. The van der Waals surface area contributed by atoms with E-state index < -0.39 is 17.6 Å². The highest BCUT2D eigenvalue weighted by molar-refractivity contribution is 7.99. The summed E-state index contributed by atoms with van der Waals surface area (Å²) < 4.78 is 51.4. The minimum atomic E-state index is -4.53. The van der Waals surface area contributed by atoms with Crippen LogP contribution in [0, 0.1) is 5.82 Å². The highest BCUT2D eigenvalue weighted by Gasteiger charge is 2.33. The largest absolute Gasteiger partial charge is 0.416 e. The van der Waals surface area contributed by atoms with Gasteiger partial charge in [0.2, 0.25) is 0 Å². The molecule has 0 fully saturated rings. The summed E-state index contributed by atoms with van der Waals surface area (Å²) in [5.41, 5.74) is -0.825. The van der Waals surface area contributed by atoms with Crippen molar-refractivity contribution < 1.29 is 17.6 Å². The molecule has 0 amide bonds. The summed E-state index contributed by atoms with van der Waals surface area (Å²) in [5, 5.41) is 3.05. The standard InChI is InChI=1S/C14H19F4NS/c1-3-20-7-6-10(2)19-9-11-4-5-12(15)8-13(11)14(16,17)18/h4-5,8,10,19H,3,6-7,9H2,1-2H3. The van der Waals surface area contributed by atoms with Gasteiger partial charge in [-0.2, -0.15) is 24.9 Å². The van der Waals surface area contributed by atoms with Crippen LogP contribution in [0.5, 0.6) is 0 Å². The Morgan fingerprint density at radius 3 is 2.60 bits per heavy atom. The second-order valence-corrected chi connectivity index (χ2v) is 5.96. The Morgan fingerprint density at radius 1 is 1.30 bits per heavy atom. The molecule has 0 saturated carbocycles. The molecule has 1 unspecified atom stereocenters. The molecule has 20 heavy (non-hydrogen) atoms. The molecule has 0 bridgehead atoms. The third-order valence-electron chi connectivity index (χ3n) is 2.92. The second kappa shape index (κ2) is 7.88. The maximum absolute atomic E-state index is 13.0. The van der Waals surface area contributed by atoms with Crippen LogP contribution in [0.15, 0.2) is 18.2 Å². The van der Waals surface area contributed by atoms with Crippen molar-refractivity contribution in [2.45, 2.75) is 39.0 Å². The van der Waals surface area contributed by atoms with Gasteiger partial charge in [0, 0.05) is 12.6 Å². The molecule has 6 heteroatoms. The molecule has 1 nitrogen and oxygen atoms in total. The number of benzene rings is 1. The fourth-order valence-corrected chi connectivity index (χ4v) is 2.57. The summed E-state index contributed by atoms with van der Waals surface area (Å²) >= 11 is 1.80. The SMILES string of the molecule is CCSCCC(C)NCc1ccc(F)cc1C(F)(F)F. The quantitative estimate of drug-likeness (QED) is 0.589. The van der Waals surface area contributed by atoms with E-state index in [9.17, 15) is 17.6 Å². The number of nitrogens with one attached hydrogen (secondary N) is 1. The van der Waals surface area contributed by atoms with Crippen molar-refractivity contribution >= 4 is 11.8 Å². The van der Waals surface area contributed by atoms with Gasteiger partial charge in [-0.1, -0.05) is 13.0 Å². The van der Waals surface area contributed by atoms with E-state index in [2.05, 4.69) is 12.2 Å². The van der Waals surface area contributed by atoms with E-state index in [0.29, 0.717) is 6.07 Å². The van der Waals surface area contributed by atoms with Crippen LogP contribution < -0.4 is 5.32 Å². The Labute approximate surface area is 121 Å². The summed E-state index contributed by atoms with van der Waals surface area (Å²) in [6, 6.07) is 2.93. The van der Waals surface area contributed by atoms with E-state index >= 15 is 0 Å². The van der Waals surface area contributed by atoms with Gasteiger partial charge in [0.05, 0.1) is 5.56 Å². The predicted octanol–water partition coefficient (Wildman–Crippen LogP) is 4.47. The zero-order valence-electron chi connectivity index (χ0n) is 11.6. The Balaban J connectivity index is 2.64. The Kier molecular flexibility index (Phi) is 6.82. The zero-order valence-corrected chi connectivity index (χ0v) is 12.4. The van der Waals surface area contributed by atoms with Crippen LogP contribution in [0.3, 0.4) is 0 Å². The summed E-state index contributed by atoms with van der Waals surface area (Å²) in [6.07, 6.45) is -3.64. The van der Waals surface area contributed by atoms with Crippen molar-refractivity contribution in [1.29, 1.82) is 0 Å². The first-order valence-corrected chi connectivity index (χ1v) is 7.66. The van der Waals surface area contributed by atoms with Crippen LogP contribution in [-0.2, 0) is 12.7 Å². The topological polar surface area (TPSA) is 12.0 Å². The monoisotopic (exact) mass is 309 g/mol. The third-order valence-corrected chi connectivity index (χ3v) is 3.85. The van der Waals surface area contributed by atoms with Crippen molar-refractivity contribution in [3.05, 3.63) is 35.1 Å². The van der Waals surface area contributed by atoms with Crippen LogP contribution in [0.4, 0.5) is 17.6 Å². The first kappa shape index (κ1) is 17.3. The van der Waals surface area contributed by atoms with E-state index in [0.717, 1.165) is 24.0 Å². The Hall–Kier alpha value is -0.750. The van der Waals surface area contributed by atoms with E-state index in [1.165, 1.54) is 6.07 Å². The molecule has 0 aliphatic carbocycles. The van der Waals surface area contributed by atoms with E-state index in [1.54, 1.807) is 11.8 Å². The van der Waals surface area contributed by atoms with Crippen molar-refractivity contribution in [2.75, 3.05) is 11.5 Å². The van der Waals surface area contributed by atoms with E-state index in [-0.39, 0.29) is 18.2 Å². The van der Waals surface area contributed by atoms with Crippen LogP contribution >= 0.6 is 11.8 Å².